The van der Waals surface area contributed by atoms with Gasteiger partial charge < -0.3 is 20.4 Å². The van der Waals surface area contributed by atoms with Crippen LogP contribution in [0.3, 0.4) is 0 Å². The maximum atomic E-state index is 12.9. The van der Waals surface area contributed by atoms with E-state index in [1.54, 1.807) is 19.2 Å². The van der Waals surface area contributed by atoms with Gasteiger partial charge in [0.2, 0.25) is 5.91 Å². The number of fused-ring (bicyclic) bond motifs is 1. The van der Waals surface area contributed by atoms with Crippen molar-refractivity contribution in [2.75, 3.05) is 12.4 Å². The first kappa shape index (κ1) is 21.8. The molecule has 1 fully saturated rings. The first-order chi connectivity index (χ1) is 16.6. The first-order valence-corrected chi connectivity index (χ1v) is 11.6. The molecule has 0 unspecified atom stereocenters. The Morgan fingerprint density at radius 1 is 0.971 bits per heavy atom. The predicted molar refractivity (Wildman–Crippen MR) is 134 cm³/mol. The monoisotopic (exact) mass is 453 g/mol. The van der Waals surface area contributed by atoms with Gasteiger partial charge in [0.15, 0.2) is 0 Å². The number of aromatic amines is 1. The Morgan fingerprint density at radius 2 is 1.71 bits per heavy atom. The Kier molecular flexibility index (Phi) is 6.04. The van der Waals surface area contributed by atoms with E-state index in [0.29, 0.717) is 24.1 Å². The van der Waals surface area contributed by atoms with Crippen LogP contribution in [-0.4, -0.2) is 29.9 Å². The number of ether oxygens (including phenoxy) is 1. The van der Waals surface area contributed by atoms with Gasteiger partial charge in [-0.25, -0.2) is 0 Å². The van der Waals surface area contributed by atoms with Crippen LogP contribution in [-0.2, 0) is 11.2 Å². The Balaban J connectivity index is 1.35. The van der Waals surface area contributed by atoms with Crippen LogP contribution in [0.25, 0.3) is 22.2 Å². The van der Waals surface area contributed by atoms with E-state index in [1.165, 1.54) is 0 Å². The van der Waals surface area contributed by atoms with Crippen molar-refractivity contribution in [3.63, 3.8) is 0 Å². The number of rotatable bonds is 8. The average Bonchev–Trinajstić information content (AvgIpc) is 3.60. The number of nitrogens with one attached hydrogen (secondary N) is 3. The molecule has 0 bridgehead atoms. The van der Waals surface area contributed by atoms with Crippen molar-refractivity contribution in [1.82, 2.24) is 10.3 Å². The second kappa shape index (κ2) is 9.43. The smallest absolute Gasteiger partial charge is 0.253 e. The molecule has 172 valence electrons. The molecule has 1 aliphatic rings. The predicted octanol–water partition coefficient (Wildman–Crippen LogP) is 5.31. The largest absolute Gasteiger partial charge is 0.497 e. The van der Waals surface area contributed by atoms with Crippen LogP contribution < -0.4 is 15.4 Å². The minimum atomic E-state index is -0.142. The van der Waals surface area contributed by atoms with Crippen LogP contribution in [0, 0.1) is 0 Å². The molecule has 5 rings (SSSR count). The summed E-state index contributed by atoms with van der Waals surface area (Å²) in [6.45, 7) is 0. The number of aromatic nitrogens is 1. The standard InChI is InChI=1S/C28H27N3O3/c1-34-20-14-10-18(11-15-20)27-22(21-6-2-4-8-24(21)31-27)16-17-26(32)30-25-9-5-3-7-23(25)28(33)29-19-12-13-19/h2-11,14-15,19,31H,12-13,16-17H2,1H3,(H,29,33)(H,30,32). The van der Waals surface area contributed by atoms with Crippen molar-refractivity contribution in [3.8, 4) is 17.0 Å². The normalized spacial score (nSPS) is 13.0. The third-order valence-corrected chi connectivity index (χ3v) is 6.15. The fraction of sp³-hybridized carbons (Fsp3) is 0.214. The van der Waals surface area contributed by atoms with Crippen LogP contribution in [0.1, 0.15) is 35.2 Å². The molecule has 4 aromatic rings. The van der Waals surface area contributed by atoms with Gasteiger partial charge in [-0.1, -0.05) is 30.3 Å². The molecule has 1 saturated carbocycles. The Hall–Kier alpha value is -4.06. The van der Waals surface area contributed by atoms with Gasteiger partial charge >= 0.3 is 0 Å². The zero-order chi connectivity index (χ0) is 23.5. The van der Waals surface area contributed by atoms with Crippen LogP contribution in [0.5, 0.6) is 5.75 Å². The molecule has 0 aliphatic heterocycles. The van der Waals surface area contributed by atoms with Crippen molar-refractivity contribution >= 4 is 28.4 Å². The van der Waals surface area contributed by atoms with E-state index in [0.717, 1.165) is 46.3 Å². The molecule has 34 heavy (non-hydrogen) atoms. The number of carbonyl (C=O) groups is 2. The summed E-state index contributed by atoms with van der Waals surface area (Å²) in [5.41, 5.74) is 5.20. The van der Waals surface area contributed by atoms with Crippen LogP contribution >= 0.6 is 0 Å². The number of methoxy groups -OCH3 is 1. The van der Waals surface area contributed by atoms with Crippen molar-refractivity contribution in [2.24, 2.45) is 0 Å². The summed E-state index contributed by atoms with van der Waals surface area (Å²) in [6.07, 6.45) is 2.89. The van der Waals surface area contributed by atoms with E-state index >= 15 is 0 Å². The number of hydrogen-bond acceptors (Lipinski definition) is 3. The molecule has 2 amide bonds. The maximum Gasteiger partial charge on any atom is 0.253 e. The summed E-state index contributed by atoms with van der Waals surface area (Å²) < 4.78 is 5.29. The van der Waals surface area contributed by atoms with Gasteiger partial charge in [-0.15, -0.1) is 0 Å². The van der Waals surface area contributed by atoms with Gasteiger partial charge in [-0.3, -0.25) is 9.59 Å². The molecule has 6 heteroatoms. The maximum absolute atomic E-state index is 12.9. The van der Waals surface area contributed by atoms with Gasteiger partial charge in [0.1, 0.15) is 5.75 Å². The van der Waals surface area contributed by atoms with Gasteiger partial charge in [0, 0.05) is 29.1 Å². The SMILES string of the molecule is COc1ccc(-c2[nH]c3ccccc3c2CCC(=O)Nc2ccccc2C(=O)NC2CC2)cc1. The van der Waals surface area contributed by atoms with Crippen molar-refractivity contribution in [3.05, 3.63) is 83.9 Å². The highest BCUT2D eigenvalue weighted by atomic mass is 16.5. The minimum Gasteiger partial charge on any atom is -0.497 e. The summed E-state index contributed by atoms with van der Waals surface area (Å²) >= 11 is 0. The van der Waals surface area contributed by atoms with E-state index in [1.807, 2.05) is 54.6 Å². The lowest BCUT2D eigenvalue weighted by Gasteiger charge is -2.11. The van der Waals surface area contributed by atoms with Crippen molar-refractivity contribution in [1.29, 1.82) is 0 Å². The number of anilines is 1. The van der Waals surface area contributed by atoms with E-state index < -0.39 is 0 Å². The summed E-state index contributed by atoms with van der Waals surface area (Å²) in [6, 6.07) is 23.4. The number of H-pyrrole nitrogens is 1. The van der Waals surface area contributed by atoms with Crippen molar-refractivity contribution < 1.29 is 14.3 Å². The highest BCUT2D eigenvalue weighted by Crippen LogP contribution is 2.32. The lowest BCUT2D eigenvalue weighted by molar-refractivity contribution is -0.116. The van der Waals surface area contributed by atoms with Gasteiger partial charge in [0.05, 0.1) is 18.4 Å². The molecule has 3 N–H and O–H groups in total. The van der Waals surface area contributed by atoms with Gasteiger partial charge in [-0.2, -0.15) is 0 Å². The molecule has 6 nitrogen and oxygen atoms in total. The lowest BCUT2D eigenvalue weighted by Crippen LogP contribution is -2.27. The Labute approximate surface area is 198 Å². The molecule has 0 spiro atoms. The topological polar surface area (TPSA) is 83.2 Å². The molecule has 1 aromatic heterocycles. The third kappa shape index (κ3) is 4.66. The summed E-state index contributed by atoms with van der Waals surface area (Å²) in [5, 5.41) is 7.03. The highest BCUT2D eigenvalue weighted by Gasteiger charge is 2.25. The Morgan fingerprint density at radius 3 is 2.47 bits per heavy atom. The number of aryl methyl sites for hydroxylation is 1. The molecule has 1 heterocycles. The summed E-state index contributed by atoms with van der Waals surface area (Å²) in [7, 11) is 1.65. The van der Waals surface area contributed by atoms with Crippen LogP contribution in [0.2, 0.25) is 0 Å². The zero-order valence-electron chi connectivity index (χ0n) is 19.1. The number of hydrogen-bond donors (Lipinski definition) is 3. The first-order valence-electron chi connectivity index (χ1n) is 11.6. The van der Waals surface area contributed by atoms with Crippen LogP contribution in [0.15, 0.2) is 72.8 Å². The quantitative estimate of drug-likeness (QED) is 0.338. The molecule has 0 saturated heterocycles. The molecular formula is C28H27N3O3. The number of benzene rings is 3. The summed E-state index contributed by atoms with van der Waals surface area (Å²) in [4.78, 5) is 29.0. The van der Waals surface area contributed by atoms with Crippen molar-refractivity contribution in [2.45, 2.75) is 31.7 Å². The highest BCUT2D eigenvalue weighted by molar-refractivity contribution is 6.04. The average molecular weight is 454 g/mol. The van der Waals surface area contributed by atoms with E-state index in [9.17, 15) is 9.59 Å². The molecule has 3 aromatic carbocycles. The fourth-order valence-corrected chi connectivity index (χ4v) is 4.20. The third-order valence-electron chi connectivity index (χ3n) is 6.15. The Bertz CT molecular complexity index is 1340. The van der Waals surface area contributed by atoms with Gasteiger partial charge in [0.25, 0.3) is 5.91 Å². The molecule has 0 radical (unpaired) electrons. The summed E-state index contributed by atoms with van der Waals surface area (Å²) in [5.74, 6) is 0.527. The zero-order valence-corrected chi connectivity index (χ0v) is 19.1. The minimum absolute atomic E-state index is 0.127. The fourth-order valence-electron chi connectivity index (χ4n) is 4.20. The number of para-hydroxylation sites is 2. The number of carbonyl (C=O) groups excluding carboxylic acids is 2. The lowest BCUT2D eigenvalue weighted by atomic mass is 10.0. The van der Waals surface area contributed by atoms with E-state index in [4.69, 9.17) is 4.74 Å². The van der Waals surface area contributed by atoms with E-state index in [2.05, 4.69) is 21.7 Å². The van der Waals surface area contributed by atoms with E-state index in [-0.39, 0.29) is 17.9 Å². The molecular weight excluding hydrogens is 426 g/mol. The second-order valence-corrected chi connectivity index (χ2v) is 8.59. The second-order valence-electron chi connectivity index (χ2n) is 8.59. The van der Waals surface area contributed by atoms with Crippen LogP contribution in [0.4, 0.5) is 5.69 Å². The molecule has 1 aliphatic carbocycles. The molecule has 0 atom stereocenters. The number of amides is 2. The van der Waals surface area contributed by atoms with Gasteiger partial charge in [-0.05, 0) is 72.9 Å².